The maximum absolute atomic E-state index is 12.4. The molecule has 0 bridgehead atoms. The number of nitrogens with zero attached hydrogens (tertiary/aromatic N) is 1. The van der Waals surface area contributed by atoms with E-state index in [9.17, 15) is 8.42 Å². The number of sulfonamides is 1. The molecule has 0 saturated carbocycles. The van der Waals surface area contributed by atoms with E-state index >= 15 is 0 Å². The fraction of sp³-hybridized carbons (Fsp3) is 0.636. The van der Waals surface area contributed by atoms with Crippen LogP contribution in [0.25, 0.3) is 0 Å². The molecule has 2 unspecified atom stereocenters. The first-order chi connectivity index (χ1) is 7.95. The Kier molecular flexibility index (Phi) is 3.58. The Balaban J connectivity index is 2.30. The van der Waals surface area contributed by atoms with Gasteiger partial charge in [0.15, 0.2) is 0 Å². The predicted molar refractivity (Wildman–Crippen MR) is 69.3 cm³/mol. The minimum absolute atomic E-state index is 0.0958. The van der Waals surface area contributed by atoms with E-state index < -0.39 is 10.0 Å². The van der Waals surface area contributed by atoms with Crippen molar-refractivity contribution >= 4 is 21.4 Å². The Labute approximate surface area is 106 Å². The van der Waals surface area contributed by atoms with E-state index in [1.807, 2.05) is 12.3 Å². The lowest BCUT2D eigenvalue weighted by atomic mass is 10.1. The highest BCUT2D eigenvalue weighted by atomic mass is 32.2. The van der Waals surface area contributed by atoms with Crippen molar-refractivity contribution in [3.8, 4) is 0 Å². The molecule has 0 aromatic carbocycles. The molecular formula is C11H18N2O2S2. The molecule has 1 aliphatic heterocycles. The number of thiophene rings is 1. The summed E-state index contributed by atoms with van der Waals surface area (Å²) in [5, 5.41) is 1.82. The van der Waals surface area contributed by atoms with E-state index in [0.29, 0.717) is 23.2 Å². The van der Waals surface area contributed by atoms with Crippen LogP contribution in [0.5, 0.6) is 0 Å². The number of nitrogens with two attached hydrogens (primary N) is 1. The van der Waals surface area contributed by atoms with E-state index in [4.69, 9.17) is 5.73 Å². The third-order valence-corrected chi connectivity index (χ3v) is 6.60. The lowest BCUT2D eigenvalue weighted by Gasteiger charge is -2.19. The molecule has 6 heteroatoms. The molecule has 0 amide bonds. The average Bonchev–Trinajstić information content (AvgIpc) is 2.85. The van der Waals surface area contributed by atoms with Gasteiger partial charge in [-0.3, -0.25) is 0 Å². The molecule has 1 fully saturated rings. The van der Waals surface area contributed by atoms with E-state index in [0.717, 1.165) is 12.0 Å². The molecule has 17 heavy (non-hydrogen) atoms. The third-order valence-electron chi connectivity index (χ3n) is 3.16. The average molecular weight is 274 g/mol. The van der Waals surface area contributed by atoms with Gasteiger partial charge in [0.05, 0.1) is 0 Å². The third kappa shape index (κ3) is 2.40. The molecule has 0 spiro atoms. The normalized spacial score (nSPS) is 26.5. The van der Waals surface area contributed by atoms with Crippen molar-refractivity contribution in [3.63, 3.8) is 0 Å². The Hall–Kier alpha value is -0.430. The molecule has 4 nitrogen and oxygen atoms in total. The second-order valence-corrected chi connectivity index (χ2v) is 7.77. The summed E-state index contributed by atoms with van der Waals surface area (Å²) in [6.07, 6.45) is 0.939. The zero-order valence-corrected chi connectivity index (χ0v) is 11.7. The summed E-state index contributed by atoms with van der Waals surface area (Å²) in [6.45, 7) is 5.07. The lowest BCUT2D eigenvalue weighted by molar-refractivity contribution is 0.407. The van der Waals surface area contributed by atoms with E-state index in [1.165, 1.54) is 11.3 Å². The van der Waals surface area contributed by atoms with Crippen molar-refractivity contribution in [2.24, 2.45) is 11.7 Å². The minimum Gasteiger partial charge on any atom is -0.326 e. The van der Waals surface area contributed by atoms with Crippen molar-refractivity contribution < 1.29 is 8.42 Å². The summed E-state index contributed by atoms with van der Waals surface area (Å²) >= 11 is 1.26. The highest BCUT2D eigenvalue weighted by molar-refractivity contribution is 7.91. The Morgan fingerprint density at radius 2 is 2.24 bits per heavy atom. The highest BCUT2D eigenvalue weighted by Crippen LogP contribution is 2.31. The summed E-state index contributed by atoms with van der Waals surface area (Å²) in [5.41, 5.74) is 6.39. The summed E-state index contributed by atoms with van der Waals surface area (Å²) in [7, 11) is -3.31. The van der Waals surface area contributed by atoms with Crippen LogP contribution in [0.1, 0.15) is 25.8 Å². The van der Waals surface area contributed by atoms with Gasteiger partial charge in [-0.05, 0) is 36.3 Å². The Bertz CT molecular complexity index is 495. The van der Waals surface area contributed by atoms with Gasteiger partial charge in [0.25, 0.3) is 10.0 Å². The number of hydrogen-bond donors (Lipinski definition) is 1. The fourth-order valence-corrected chi connectivity index (χ4v) is 5.42. The first-order valence-electron chi connectivity index (χ1n) is 5.74. The predicted octanol–water partition coefficient (Wildman–Crippen LogP) is 1.63. The van der Waals surface area contributed by atoms with Crippen molar-refractivity contribution in [3.05, 3.63) is 17.0 Å². The molecule has 1 aliphatic rings. The van der Waals surface area contributed by atoms with E-state index in [2.05, 4.69) is 6.92 Å². The van der Waals surface area contributed by atoms with Crippen molar-refractivity contribution in [1.82, 2.24) is 4.31 Å². The van der Waals surface area contributed by atoms with Gasteiger partial charge in [0.1, 0.15) is 4.21 Å². The molecular weight excluding hydrogens is 256 g/mol. The summed E-state index contributed by atoms with van der Waals surface area (Å²) in [4.78, 5) is 0. The quantitative estimate of drug-likeness (QED) is 0.911. The summed E-state index contributed by atoms with van der Waals surface area (Å²) in [5.74, 6) is 0.439. The molecule has 96 valence electrons. The topological polar surface area (TPSA) is 63.4 Å². The fourth-order valence-electron chi connectivity index (χ4n) is 2.31. The second kappa shape index (κ2) is 4.68. The van der Waals surface area contributed by atoms with Gasteiger partial charge in [-0.15, -0.1) is 11.3 Å². The van der Waals surface area contributed by atoms with E-state index in [1.54, 1.807) is 10.4 Å². The van der Waals surface area contributed by atoms with Gasteiger partial charge in [0.2, 0.25) is 0 Å². The maximum Gasteiger partial charge on any atom is 0.252 e. The van der Waals surface area contributed by atoms with Crippen LogP contribution in [0.2, 0.25) is 0 Å². The zero-order chi connectivity index (χ0) is 12.6. The Morgan fingerprint density at radius 3 is 2.71 bits per heavy atom. The van der Waals surface area contributed by atoms with Crippen LogP contribution in [0, 0.1) is 5.92 Å². The highest BCUT2D eigenvalue weighted by Gasteiger charge is 2.36. The van der Waals surface area contributed by atoms with Gasteiger partial charge >= 0.3 is 0 Å². The van der Waals surface area contributed by atoms with Gasteiger partial charge in [0, 0.05) is 19.1 Å². The molecule has 1 aromatic rings. The van der Waals surface area contributed by atoms with Crippen LogP contribution in [-0.2, 0) is 16.6 Å². The van der Waals surface area contributed by atoms with Gasteiger partial charge < -0.3 is 5.73 Å². The largest absolute Gasteiger partial charge is 0.326 e. The van der Waals surface area contributed by atoms with Gasteiger partial charge in [-0.2, -0.15) is 4.31 Å². The van der Waals surface area contributed by atoms with E-state index in [-0.39, 0.29) is 6.04 Å². The van der Waals surface area contributed by atoms with Crippen LogP contribution in [0.3, 0.4) is 0 Å². The molecule has 2 heterocycles. The SMILES string of the molecule is CC1CC(C)N(S(=O)(=O)c2cc(CN)cs2)C1. The smallest absolute Gasteiger partial charge is 0.252 e. The van der Waals surface area contributed by atoms with Crippen LogP contribution >= 0.6 is 11.3 Å². The molecule has 2 N–H and O–H groups in total. The molecule has 2 atom stereocenters. The van der Waals surface area contributed by atoms with Crippen LogP contribution in [0.15, 0.2) is 15.7 Å². The molecule has 1 aromatic heterocycles. The lowest BCUT2D eigenvalue weighted by Crippen LogP contribution is -2.33. The van der Waals surface area contributed by atoms with Gasteiger partial charge in [-0.1, -0.05) is 6.92 Å². The number of hydrogen-bond acceptors (Lipinski definition) is 4. The first-order valence-corrected chi connectivity index (χ1v) is 8.06. The first kappa shape index (κ1) is 13.0. The van der Waals surface area contributed by atoms with Crippen molar-refractivity contribution in [1.29, 1.82) is 0 Å². The van der Waals surface area contributed by atoms with Crippen LogP contribution in [-0.4, -0.2) is 25.3 Å². The monoisotopic (exact) mass is 274 g/mol. The van der Waals surface area contributed by atoms with Crippen molar-refractivity contribution in [2.75, 3.05) is 6.54 Å². The molecule has 0 radical (unpaired) electrons. The van der Waals surface area contributed by atoms with Crippen molar-refractivity contribution in [2.45, 2.75) is 37.1 Å². The van der Waals surface area contributed by atoms with Gasteiger partial charge in [-0.25, -0.2) is 8.42 Å². The minimum atomic E-state index is -3.31. The van der Waals surface area contributed by atoms with Crippen LogP contribution < -0.4 is 5.73 Å². The maximum atomic E-state index is 12.4. The molecule has 1 saturated heterocycles. The second-order valence-electron chi connectivity index (χ2n) is 4.74. The number of rotatable bonds is 3. The molecule has 2 rings (SSSR count). The summed E-state index contributed by atoms with van der Waals surface area (Å²) < 4.78 is 26.9. The van der Waals surface area contributed by atoms with Crippen LogP contribution in [0.4, 0.5) is 0 Å². The Morgan fingerprint density at radius 1 is 1.53 bits per heavy atom. The standard InChI is InChI=1S/C11H18N2O2S2/c1-8-3-9(2)13(6-8)17(14,15)11-4-10(5-12)7-16-11/h4,7-9H,3,5-6,12H2,1-2H3. The summed E-state index contributed by atoms with van der Waals surface area (Å²) in [6, 6.07) is 1.79. The zero-order valence-electron chi connectivity index (χ0n) is 10.1. The molecule has 0 aliphatic carbocycles.